The van der Waals surface area contributed by atoms with Gasteiger partial charge in [0, 0.05) is 20.9 Å². The molecule has 0 aromatic carbocycles. The Morgan fingerprint density at radius 1 is 0.938 bits per heavy atom. The van der Waals surface area contributed by atoms with Crippen molar-refractivity contribution in [2.24, 2.45) is 0 Å². The molecule has 1 aliphatic rings. The first-order valence-corrected chi connectivity index (χ1v) is 9.06. The molecule has 0 unspecified atom stereocenters. The lowest BCUT2D eigenvalue weighted by atomic mass is 10.1. The molecule has 4 heteroatoms. The number of fused-ring (bicyclic) bond motifs is 3. The average molecular weight is 282 g/mol. The van der Waals surface area contributed by atoms with Crippen LogP contribution >= 0.6 is 46.2 Å². The maximum absolute atomic E-state index is 2.26. The maximum Gasteiger partial charge on any atom is 0.0528 e. The van der Waals surface area contributed by atoms with Gasteiger partial charge < -0.3 is 0 Å². The number of thiophene rings is 2. The average Bonchev–Trinajstić information content (AvgIpc) is 2.95. The molecule has 0 amide bonds. The maximum atomic E-state index is 2.26. The number of hydrogen-bond acceptors (Lipinski definition) is 4. The third-order valence-electron chi connectivity index (χ3n) is 2.65. The highest BCUT2D eigenvalue weighted by atomic mass is 32.2. The van der Waals surface area contributed by atoms with Gasteiger partial charge in [0.25, 0.3) is 0 Å². The summed E-state index contributed by atoms with van der Waals surface area (Å²) in [7, 11) is 0. The molecule has 16 heavy (non-hydrogen) atoms. The van der Waals surface area contributed by atoms with Gasteiger partial charge in [0.2, 0.25) is 0 Å². The van der Waals surface area contributed by atoms with Crippen LogP contribution in [0.15, 0.2) is 27.1 Å². The first-order chi connectivity index (χ1) is 7.86. The predicted molar refractivity (Wildman–Crippen MR) is 80.7 cm³/mol. The second-order valence-corrected chi connectivity index (χ2v) is 7.12. The van der Waals surface area contributed by atoms with Crippen molar-refractivity contribution in [3.05, 3.63) is 38.3 Å². The molecule has 0 nitrogen and oxygen atoms in total. The molecule has 2 aromatic heterocycles. The Morgan fingerprint density at radius 3 is 1.88 bits per heavy atom. The first kappa shape index (κ1) is 11.0. The van der Waals surface area contributed by atoms with Crippen LogP contribution in [-0.4, -0.2) is 12.5 Å². The monoisotopic (exact) mass is 282 g/mol. The largest absolute Gasteiger partial charge is 0.142 e. The molecule has 2 heterocycles. The molecule has 2 aromatic rings. The number of rotatable bonds is 2. The minimum atomic E-state index is 1.43. The van der Waals surface area contributed by atoms with Crippen molar-refractivity contribution in [1.82, 2.24) is 0 Å². The SMILES string of the molecule is CSC(SC)=C1c2ccsc2-c2sccc21. The molecule has 0 saturated heterocycles. The van der Waals surface area contributed by atoms with E-state index >= 15 is 0 Å². The third kappa shape index (κ3) is 1.44. The summed E-state index contributed by atoms with van der Waals surface area (Å²) in [6.45, 7) is 0. The van der Waals surface area contributed by atoms with Crippen molar-refractivity contribution in [3.63, 3.8) is 0 Å². The summed E-state index contributed by atoms with van der Waals surface area (Å²) in [6.07, 6.45) is 4.32. The van der Waals surface area contributed by atoms with Crippen molar-refractivity contribution in [3.8, 4) is 9.75 Å². The summed E-state index contributed by atoms with van der Waals surface area (Å²) in [5.41, 5.74) is 4.32. The van der Waals surface area contributed by atoms with Crippen LogP contribution < -0.4 is 0 Å². The van der Waals surface area contributed by atoms with Gasteiger partial charge in [-0.2, -0.15) is 0 Å². The van der Waals surface area contributed by atoms with Crippen LogP contribution in [-0.2, 0) is 0 Å². The van der Waals surface area contributed by atoms with Gasteiger partial charge in [0.1, 0.15) is 0 Å². The molecule has 0 fully saturated rings. The topological polar surface area (TPSA) is 0 Å². The Morgan fingerprint density at radius 2 is 1.44 bits per heavy atom. The molecule has 82 valence electrons. The summed E-state index contributed by atoms with van der Waals surface area (Å²) in [5.74, 6) is 0. The third-order valence-corrected chi connectivity index (χ3v) is 6.79. The summed E-state index contributed by atoms with van der Waals surface area (Å²) in [6, 6.07) is 4.52. The number of hydrogen-bond donors (Lipinski definition) is 0. The predicted octanol–water partition coefficient (Wildman–Crippen LogP) is 5.23. The molecule has 0 saturated carbocycles. The van der Waals surface area contributed by atoms with E-state index in [-0.39, 0.29) is 0 Å². The van der Waals surface area contributed by atoms with Crippen molar-refractivity contribution in [1.29, 1.82) is 0 Å². The van der Waals surface area contributed by atoms with Crippen molar-refractivity contribution in [2.75, 3.05) is 12.5 Å². The Bertz CT molecular complexity index is 511. The van der Waals surface area contributed by atoms with E-state index in [2.05, 4.69) is 35.4 Å². The van der Waals surface area contributed by atoms with E-state index in [1.807, 2.05) is 46.2 Å². The van der Waals surface area contributed by atoms with E-state index in [4.69, 9.17) is 0 Å². The lowest BCUT2D eigenvalue weighted by molar-refractivity contribution is 1.78. The fourth-order valence-electron chi connectivity index (χ4n) is 2.02. The van der Waals surface area contributed by atoms with Gasteiger partial charge in [-0.25, -0.2) is 0 Å². The zero-order valence-corrected chi connectivity index (χ0v) is 12.2. The van der Waals surface area contributed by atoms with E-state index in [9.17, 15) is 0 Å². The van der Waals surface area contributed by atoms with E-state index < -0.39 is 0 Å². The van der Waals surface area contributed by atoms with E-state index in [1.165, 1.54) is 30.7 Å². The quantitative estimate of drug-likeness (QED) is 0.631. The van der Waals surface area contributed by atoms with Gasteiger partial charge in [-0.15, -0.1) is 46.2 Å². The summed E-state index contributed by atoms with van der Waals surface area (Å²) < 4.78 is 1.43. The highest BCUT2D eigenvalue weighted by molar-refractivity contribution is 8.21. The molecule has 0 radical (unpaired) electrons. The van der Waals surface area contributed by atoms with E-state index in [0.29, 0.717) is 0 Å². The second-order valence-electron chi connectivity index (χ2n) is 3.40. The van der Waals surface area contributed by atoms with Crippen LogP contribution in [0.2, 0.25) is 0 Å². The Labute approximate surface area is 112 Å². The Hall–Kier alpha value is -0.160. The number of thioether (sulfide) groups is 2. The summed E-state index contributed by atoms with van der Waals surface area (Å²) >= 11 is 7.42. The fraction of sp³-hybridized carbons (Fsp3) is 0.167. The zero-order valence-electron chi connectivity index (χ0n) is 8.94. The van der Waals surface area contributed by atoms with Crippen LogP contribution in [0.4, 0.5) is 0 Å². The molecule has 0 aliphatic heterocycles. The Kier molecular flexibility index (Phi) is 2.92. The van der Waals surface area contributed by atoms with Gasteiger partial charge in [-0.3, -0.25) is 0 Å². The van der Waals surface area contributed by atoms with Crippen LogP contribution in [0.3, 0.4) is 0 Å². The van der Waals surface area contributed by atoms with Crippen LogP contribution in [0.5, 0.6) is 0 Å². The van der Waals surface area contributed by atoms with Gasteiger partial charge >= 0.3 is 0 Å². The van der Waals surface area contributed by atoms with Crippen molar-refractivity contribution < 1.29 is 0 Å². The standard InChI is InChI=1S/C12H10S4/c1-13-12(14-2)9-7-3-5-15-10(7)11-8(9)4-6-16-11/h3-6H,1-2H3. The van der Waals surface area contributed by atoms with Crippen molar-refractivity contribution >= 4 is 51.8 Å². The normalized spacial score (nSPS) is 12.8. The highest BCUT2D eigenvalue weighted by Crippen LogP contribution is 2.53. The smallest absolute Gasteiger partial charge is 0.0528 e. The molecular formula is C12H10S4. The van der Waals surface area contributed by atoms with Crippen LogP contribution in [0.25, 0.3) is 15.3 Å². The zero-order chi connectivity index (χ0) is 11.1. The minimum absolute atomic E-state index is 1.43. The van der Waals surface area contributed by atoms with Gasteiger partial charge in [-0.1, -0.05) is 0 Å². The van der Waals surface area contributed by atoms with E-state index in [0.717, 1.165) is 0 Å². The van der Waals surface area contributed by atoms with Gasteiger partial charge in [-0.05, 0) is 35.4 Å². The molecule has 3 rings (SSSR count). The molecule has 0 atom stereocenters. The molecule has 1 aliphatic carbocycles. The van der Waals surface area contributed by atoms with Gasteiger partial charge in [0.05, 0.1) is 9.75 Å². The first-order valence-electron chi connectivity index (χ1n) is 4.85. The highest BCUT2D eigenvalue weighted by Gasteiger charge is 2.27. The summed E-state index contributed by atoms with van der Waals surface area (Å²) in [5, 5.41) is 4.40. The molecule has 0 N–H and O–H groups in total. The minimum Gasteiger partial charge on any atom is -0.142 e. The lowest BCUT2D eigenvalue weighted by Gasteiger charge is -2.06. The van der Waals surface area contributed by atoms with Crippen LogP contribution in [0, 0.1) is 0 Å². The fourth-order valence-corrected chi connectivity index (χ4v) is 5.53. The lowest BCUT2D eigenvalue weighted by Crippen LogP contribution is -1.81. The Balaban J connectivity index is 2.33. The summed E-state index contributed by atoms with van der Waals surface area (Å²) in [4.78, 5) is 2.92. The van der Waals surface area contributed by atoms with Crippen molar-refractivity contribution in [2.45, 2.75) is 0 Å². The second kappa shape index (κ2) is 4.26. The molecule has 0 bridgehead atoms. The van der Waals surface area contributed by atoms with Crippen LogP contribution in [0.1, 0.15) is 11.1 Å². The molecule has 0 spiro atoms. The van der Waals surface area contributed by atoms with Gasteiger partial charge in [0.15, 0.2) is 0 Å². The van der Waals surface area contributed by atoms with E-state index in [1.54, 1.807) is 0 Å². The molecular weight excluding hydrogens is 272 g/mol.